The number of aliphatic imine (C=N–C) groups is 1. The second kappa shape index (κ2) is 12.8. The van der Waals surface area contributed by atoms with Gasteiger partial charge >= 0.3 is 5.97 Å². The van der Waals surface area contributed by atoms with E-state index >= 15 is 0 Å². The fourth-order valence-corrected chi connectivity index (χ4v) is 3.38. The number of amides is 3. The second-order valence-electron chi connectivity index (χ2n) is 8.26. The van der Waals surface area contributed by atoms with Crippen LogP contribution in [0.1, 0.15) is 39.5 Å². The Hall–Kier alpha value is -2.93. The van der Waals surface area contributed by atoms with E-state index in [1.54, 1.807) is 0 Å². The van der Waals surface area contributed by atoms with Crippen LogP contribution in [0.4, 0.5) is 0 Å². The van der Waals surface area contributed by atoms with Gasteiger partial charge in [-0.3, -0.25) is 19.4 Å². The maximum Gasteiger partial charge on any atom is 0.326 e. The Kier molecular flexibility index (Phi) is 10.9. The van der Waals surface area contributed by atoms with E-state index in [4.69, 9.17) is 17.2 Å². The zero-order valence-electron chi connectivity index (χ0n) is 18.5. The number of likely N-dealkylation sites (tertiary alicyclic amines) is 1. The van der Waals surface area contributed by atoms with Gasteiger partial charge in [-0.25, -0.2) is 4.79 Å². The van der Waals surface area contributed by atoms with Crippen LogP contribution in [0.25, 0.3) is 0 Å². The minimum Gasteiger partial charge on any atom is -0.480 e. The summed E-state index contributed by atoms with van der Waals surface area (Å²) >= 11 is 0. The number of carboxylic acid groups (broad SMARTS) is 1. The molecule has 1 aliphatic rings. The highest BCUT2D eigenvalue weighted by molar-refractivity contribution is 5.92. The van der Waals surface area contributed by atoms with Crippen LogP contribution in [0.15, 0.2) is 4.99 Å². The summed E-state index contributed by atoms with van der Waals surface area (Å²) in [6, 6.07) is -2.99. The van der Waals surface area contributed by atoms with Crippen LogP contribution in [-0.2, 0) is 19.2 Å². The van der Waals surface area contributed by atoms with Crippen molar-refractivity contribution in [1.29, 1.82) is 0 Å². The molecule has 0 aliphatic carbocycles. The molecule has 0 saturated carbocycles. The molecule has 0 radical (unpaired) electrons. The summed E-state index contributed by atoms with van der Waals surface area (Å²) in [4.78, 5) is 53.6. The monoisotopic (exact) mass is 457 g/mol. The summed E-state index contributed by atoms with van der Waals surface area (Å²) in [5, 5.41) is 24.1. The van der Waals surface area contributed by atoms with E-state index in [2.05, 4.69) is 15.6 Å². The summed E-state index contributed by atoms with van der Waals surface area (Å²) in [7, 11) is 0. The molecule has 0 aromatic rings. The van der Waals surface area contributed by atoms with Gasteiger partial charge in [0.15, 0.2) is 5.96 Å². The molecule has 1 saturated heterocycles. The Morgan fingerprint density at radius 1 is 1.22 bits per heavy atom. The van der Waals surface area contributed by atoms with Crippen molar-refractivity contribution in [2.45, 2.75) is 63.8 Å². The molecule has 13 heteroatoms. The maximum atomic E-state index is 12.9. The average molecular weight is 458 g/mol. The van der Waals surface area contributed by atoms with Gasteiger partial charge in [0.05, 0.1) is 18.7 Å². The minimum atomic E-state index is -1.22. The molecule has 32 heavy (non-hydrogen) atoms. The number of nitrogens with one attached hydrogen (secondary N) is 2. The fourth-order valence-electron chi connectivity index (χ4n) is 3.38. The van der Waals surface area contributed by atoms with Crippen molar-refractivity contribution in [3.63, 3.8) is 0 Å². The van der Waals surface area contributed by atoms with Crippen molar-refractivity contribution in [1.82, 2.24) is 15.5 Å². The third-order valence-electron chi connectivity index (χ3n) is 4.92. The third-order valence-corrected chi connectivity index (χ3v) is 4.92. The third kappa shape index (κ3) is 9.06. The van der Waals surface area contributed by atoms with Gasteiger partial charge in [0.1, 0.15) is 12.1 Å². The molecule has 3 amide bonds. The first-order valence-corrected chi connectivity index (χ1v) is 10.5. The van der Waals surface area contributed by atoms with Gasteiger partial charge in [-0.2, -0.15) is 0 Å². The molecule has 1 aliphatic heterocycles. The number of aliphatic hydroxyl groups is 1. The van der Waals surface area contributed by atoms with E-state index in [1.807, 2.05) is 13.8 Å². The van der Waals surface area contributed by atoms with Crippen LogP contribution >= 0.6 is 0 Å². The van der Waals surface area contributed by atoms with Crippen LogP contribution in [-0.4, -0.2) is 88.6 Å². The van der Waals surface area contributed by atoms with Crippen molar-refractivity contribution >= 4 is 29.7 Å². The number of aliphatic hydroxyl groups excluding tert-OH is 1. The molecule has 182 valence electrons. The number of hydrogen-bond donors (Lipinski definition) is 7. The molecule has 1 fully saturated rings. The first kappa shape index (κ1) is 27.1. The largest absolute Gasteiger partial charge is 0.480 e. The molecule has 0 bridgehead atoms. The summed E-state index contributed by atoms with van der Waals surface area (Å²) in [6.07, 6.45) is 0.0495. The lowest BCUT2D eigenvalue weighted by Crippen LogP contribution is -2.54. The molecule has 0 unspecified atom stereocenters. The molecule has 13 nitrogen and oxygen atoms in total. The lowest BCUT2D eigenvalue weighted by atomic mass is 10.0. The number of guanidine groups is 1. The molecule has 0 aromatic heterocycles. The maximum absolute atomic E-state index is 12.9. The first-order chi connectivity index (χ1) is 14.9. The van der Waals surface area contributed by atoms with E-state index in [9.17, 15) is 29.4 Å². The van der Waals surface area contributed by atoms with Crippen LogP contribution in [0.3, 0.4) is 0 Å². The number of rotatable bonds is 12. The highest BCUT2D eigenvalue weighted by atomic mass is 16.4. The van der Waals surface area contributed by atoms with Gasteiger partial charge in [-0.05, 0) is 25.2 Å². The predicted molar refractivity (Wildman–Crippen MR) is 116 cm³/mol. The number of carbonyl (C=O) groups is 4. The normalized spacial score (nSPS) is 19.8. The van der Waals surface area contributed by atoms with E-state index in [-0.39, 0.29) is 31.3 Å². The number of aliphatic carboxylic acids is 1. The minimum absolute atomic E-state index is 0.0216. The summed E-state index contributed by atoms with van der Waals surface area (Å²) in [5.74, 6) is -2.98. The van der Waals surface area contributed by atoms with Gasteiger partial charge in [0.25, 0.3) is 0 Å². The topological polar surface area (TPSA) is 226 Å². The number of nitrogens with two attached hydrogens (primary N) is 3. The zero-order valence-corrected chi connectivity index (χ0v) is 18.5. The van der Waals surface area contributed by atoms with Gasteiger partial charge < -0.3 is 42.9 Å². The zero-order chi connectivity index (χ0) is 24.4. The van der Waals surface area contributed by atoms with Crippen LogP contribution in [0, 0.1) is 5.92 Å². The van der Waals surface area contributed by atoms with Gasteiger partial charge in [-0.1, -0.05) is 13.8 Å². The molecule has 0 aromatic carbocycles. The number of β-amino-alcohol motifs (C(OH)–C–C–N with tert-alkyl or cyclic N) is 1. The van der Waals surface area contributed by atoms with E-state index < -0.39 is 54.5 Å². The molecule has 10 N–H and O–H groups in total. The molecular weight excluding hydrogens is 422 g/mol. The second-order valence-corrected chi connectivity index (χ2v) is 8.26. The van der Waals surface area contributed by atoms with Crippen molar-refractivity contribution in [2.24, 2.45) is 28.1 Å². The highest BCUT2D eigenvalue weighted by Crippen LogP contribution is 2.21. The van der Waals surface area contributed by atoms with Crippen molar-refractivity contribution in [3.8, 4) is 0 Å². The Morgan fingerprint density at radius 2 is 1.88 bits per heavy atom. The summed E-state index contributed by atoms with van der Waals surface area (Å²) in [6.45, 7) is 3.51. The average Bonchev–Trinajstić information content (AvgIpc) is 3.09. The molecule has 0 spiro atoms. The fraction of sp³-hybridized carbons (Fsp3) is 0.737. The molecule has 4 atom stereocenters. The Balaban J connectivity index is 2.63. The predicted octanol–water partition coefficient (Wildman–Crippen LogP) is -2.94. The SMILES string of the molecule is CC(C)C[C@H](NC(=O)CNC(=O)[C@@H](N)CCCN=C(N)N)C(=O)N1C[C@H](O)C[C@H]1C(=O)O. The van der Waals surface area contributed by atoms with Crippen LogP contribution < -0.4 is 27.8 Å². The smallest absolute Gasteiger partial charge is 0.326 e. The number of carboxylic acids is 1. The number of nitrogens with zero attached hydrogens (tertiary/aromatic N) is 2. The summed E-state index contributed by atoms with van der Waals surface area (Å²) in [5.41, 5.74) is 16.2. The van der Waals surface area contributed by atoms with E-state index in [1.165, 1.54) is 0 Å². The quantitative estimate of drug-likeness (QED) is 0.0902. The van der Waals surface area contributed by atoms with Gasteiger partial charge in [0, 0.05) is 19.5 Å². The lowest BCUT2D eigenvalue weighted by Gasteiger charge is -2.28. The van der Waals surface area contributed by atoms with E-state index in [0.29, 0.717) is 19.4 Å². The standard InChI is InChI=1S/C19H35N7O6/c1-10(2)6-13(17(30)26-9-11(27)7-14(26)18(31)32)25-15(28)8-24-16(29)12(20)4-3-5-23-19(21)22/h10-14,27H,3-9,20H2,1-2H3,(H,24,29)(H,25,28)(H,31,32)(H4,21,22,23)/t11-,12+,13+,14+/m1/s1. The Bertz CT molecular complexity index is 710. The van der Waals surface area contributed by atoms with Crippen LogP contribution in [0.5, 0.6) is 0 Å². The molecule has 1 rings (SSSR count). The van der Waals surface area contributed by atoms with Crippen molar-refractivity contribution in [3.05, 3.63) is 0 Å². The van der Waals surface area contributed by atoms with Gasteiger partial charge in [-0.15, -0.1) is 0 Å². The lowest BCUT2D eigenvalue weighted by molar-refractivity contribution is -0.149. The number of carbonyl (C=O) groups excluding carboxylic acids is 3. The summed E-state index contributed by atoms with van der Waals surface area (Å²) < 4.78 is 0. The number of hydrogen-bond acceptors (Lipinski definition) is 7. The first-order valence-electron chi connectivity index (χ1n) is 10.5. The van der Waals surface area contributed by atoms with Crippen molar-refractivity contribution < 1.29 is 29.4 Å². The Morgan fingerprint density at radius 3 is 2.44 bits per heavy atom. The van der Waals surface area contributed by atoms with Crippen LogP contribution in [0.2, 0.25) is 0 Å². The molecular formula is C19H35N7O6. The Labute approximate surface area is 186 Å². The van der Waals surface area contributed by atoms with E-state index in [0.717, 1.165) is 4.90 Å². The highest BCUT2D eigenvalue weighted by Gasteiger charge is 2.41. The van der Waals surface area contributed by atoms with Crippen molar-refractivity contribution in [2.75, 3.05) is 19.6 Å². The molecule has 1 heterocycles. The van der Waals surface area contributed by atoms with Gasteiger partial charge in [0.2, 0.25) is 17.7 Å².